The lowest BCUT2D eigenvalue weighted by Crippen LogP contribution is -2.43. The molecule has 0 bridgehead atoms. The molecule has 0 aliphatic carbocycles. The van der Waals surface area contributed by atoms with Crippen LogP contribution in [0.25, 0.3) is 0 Å². The minimum atomic E-state index is -0.660. The minimum Gasteiger partial charge on any atom is -0.496 e. The van der Waals surface area contributed by atoms with E-state index in [9.17, 15) is 5.11 Å². The highest BCUT2D eigenvalue weighted by atomic mass is 16.7. The third-order valence-electron chi connectivity index (χ3n) is 3.83. The van der Waals surface area contributed by atoms with Crippen LogP contribution >= 0.6 is 0 Å². The highest BCUT2D eigenvalue weighted by Gasteiger charge is 2.31. The SMILES string of the molecule is COc1cc2c(cc1CC1(O)CCNCC1)OCO2. The molecule has 1 fully saturated rings. The summed E-state index contributed by atoms with van der Waals surface area (Å²) in [5.74, 6) is 2.18. The maximum Gasteiger partial charge on any atom is 0.231 e. The normalized spacial score (nSPS) is 20.3. The van der Waals surface area contributed by atoms with E-state index < -0.39 is 5.60 Å². The van der Waals surface area contributed by atoms with Crippen molar-refractivity contribution in [3.63, 3.8) is 0 Å². The number of methoxy groups -OCH3 is 1. The van der Waals surface area contributed by atoms with Gasteiger partial charge in [-0.3, -0.25) is 0 Å². The molecule has 0 amide bonds. The van der Waals surface area contributed by atoms with Crippen molar-refractivity contribution < 1.29 is 19.3 Å². The number of fused-ring (bicyclic) bond motifs is 1. The van der Waals surface area contributed by atoms with Gasteiger partial charge in [-0.1, -0.05) is 0 Å². The molecule has 2 N–H and O–H groups in total. The van der Waals surface area contributed by atoms with E-state index in [0.29, 0.717) is 12.2 Å². The predicted molar refractivity (Wildman–Crippen MR) is 69.9 cm³/mol. The van der Waals surface area contributed by atoms with E-state index in [1.165, 1.54) is 0 Å². The molecule has 1 aromatic rings. The lowest BCUT2D eigenvalue weighted by Gasteiger charge is -2.33. The summed E-state index contributed by atoms with van der Waals surface area (Å²) >= 11 is 0. The highest BCUT2D eigenvalue weighted by Crippen LogP contribution is 2.40. The Hall–Kier alpha value is -1.46. The molecule has 0 saturated carbocycles. The Morgan fingerprint density at radius 1 is 1.26 bits per heavy atom. The molecule has 1 aromatic carbocycles. The molecule has 0 aromatic heterocycles. The Morgan fingerprint density at radius 3 is 2.63 bits per heavy atom. The second-order valence-corrected chi connectivity index (χ2v) is 5.17. The van der Waals surface area contributed by atoms with Crippen LogP contribution in [0.3, 0.4) is 0 Å². The van der Waals surface area contributed by atoms with Gasteiger partial charge in [-0.05, 0) is 32.0 Å². The number of hydrogen-bond donors (Lipinski definition) is 2. The van der Waals surface area contributed by atoms with E-state index in [1.54, 1.807) is 7.11 Å². The van der Waals surface area contributed by atoms with Gasteiger partial charge in [0.1, 0.15) is 5.75 Å². The van der Waals surface area contributed by atoms with Gasteiger partial charge in [0.25, 0.3) is 0 Å². The topological polar surface area (TPSA) is 60.0 Å². The average molecular weight is 265 g/mol. The molecule has 0 spiro atoms. The molecule has 3 rings (SSSR count). The number of piperidine rings is 1. The third-order valence-corrected chi connectivity index (χ3v) is 3.83. The van der Waals surface area contributed by atoms with Gasteiger partial charge in [0.15, 0.2) is 11.5 Å². The zero-order valence-corrected chi connectivity index (χ0v) is 11.1. The van der Waals surface area contributed by atoms with Crippen LogP contribution in [-0.4, -0.2) is 37.7 Å². The number of ether oxygens (including phenoxy) is 3. The van der Waals surface area contributed by atoms with Crippen LogP contribution in [0.4, 0.5) is 0 Å². The first-order valence-corrected chi connectivity index (χ1v) is 6.60. The van der Waals surface area contributed by atoms with Gasteiger partial charge in [-0.2, -0.15) is 0 Å². The van der Waals surface area contributed by atoms with Crippen molar-refractivity contribution in [1.82, 2.24) is 5.32 Å². The molecule has 1 saturated heterocycles. The van der Waals surface area contributed by atoms with Crippen molar-refractivity contribution in [3.05, 3.63) is 17.7 Å². The van der Waals surface area contributed by atoms with Crippen LogP contribution < -0.4 is 19.5 Å². The van der Waals surface area contributed by atoms with Crippen molar-refractivity contribution in [2.75, 3.05) is 27.0 Å². The van der Waals surface area contributed by atoms with Crippen molar-refractivity contribution >= 4 is 0 Å². The predicted octanol–water partition coefficient (Wildman–Crippen LogP) is 1.08. The molecular formula is C14H19NO4. The molecule has 2 aliphatic rings. The summed E-state index contributed by atoms with van der Waals surface area (Å²) < 4.78 is 16.1. The van der Waals surface area contributed by atoms with Crippen molar-refractivity contribution in [1.29, 1.82) is 0 Å². The van der Waals surface area contributed by atoms with Crippen molar-refractivity contribution in [2.45, 2.75) is 24.9 Å². The van der Waals surface area contributed by atoms with Crippen molar-refractivity contribution in [2.24, 2.45) is 0 Å². The van der Waals surface area contributed by atoms with Gasteiger partial charge in [-0.15, -0.1) is 0 Å². The van der Waals surface area contributed by atoms with Crippen LogP contribution in [0.15, 0.2) is 12.1 Å². The van der Waals surface area contributed by atoms with Crippen LogP contribution in [0.5, 0.6) is 17.2 Å². The fraction of sp³-hybridized carbons (Fsp3) is 0.571. The van der Waals surface area contributed by atoms with E-state index in [1.807, 2.05) is 12.1 Å². The van der Waals surface area contributed by atoms with Gasteiger partial charge in [0.2, 0.25) is 6.79 Å². The van der Waals surface area contributed by atoms with Crippen molar-refractivity contribution in [3.8, 4) is 17.2 Å². The molecule has 0 radical (unpaired) electrons. The first-order chi connectivity index (χ1) is 9.20. The van der Waals surface area contributed by atoms with Gasteiger partial charge in [0.05, 0.1) is 12.7 Å². The average Bonchev–Trinajstić information content (AvgIpc) is 2.85. The van der Waals surface area contributed by atoms with Crippen LogP contribution in [0.2, 0.25) is 0 Å². The summed E-state index contributed by atoms with van der Waals surface area (Å²) in [6.45, 7) is 1.95. The second-order valence-electron chi connectivity index (χ2n) is 5.17. The van der Waals surface area contributed by atoms with Crippen LogP contribution in [-0.2, 0) is 6.42 Å². The summed E-state index contributed by atoms with van der Waals surface area (Å²) in [5.41, 5.74) is 0.308. The van der Waals surface area contributed by atoms with Gasteiger partial charge < -0.3 is 24.6 Å². The zero-order chi connectivity index (χ0) is 13.3. The Kier molecular flexibility index (Phi) is 3.24. The summed E-state index contributed by atoms with van der Waals surface area (Å²) in [5, 5.41) is 13.9. The Balaban J connectivity index is 1.87. The summed E-state index contributed by atoms with van der Waals surface area (Å²) in [7, 11) is 1.63. The van der Waals surface area contributed by atoms with E-state index in [2.05, 4.69) is 5.32 Å². The quantitative estimate of drug-likeness (QED) is 0.856. The van der Waals surface area contributed by atoms with Crippen LogP contribution in [0.1, 0.15) is 18.4 Å². The molecule has 104 valence electrons. The smallest absolute Gasteiger partial charge is 0.231 e. The lowest BCUT2D eigenvalue weighted by molar-refractivity contribution is 0.0104. The van der Waals surface area contributed by atoms with Crippen LogP contribution in [0, 0.1) is 0 Å². The molecule has 19 heavy (non-hydrogen) atoms. The van der Waals surface area contributed by atoms with Gasteiger partial charge in [-0.25, -0.2) is 0 Å². The van der Waals surface area contributed by atoms with Gasteiger partial charge >= 0.3 is 0 Å². The molecule has 2 heterocycles. The summed E-state index contributed by atoms with van der Waals surface area (Å²) in [6.07, 6.45) is 2.09. The maximum atomic E-state index is 10.6. The van der Waals surface area contributed by atoms with E-state index in [-0.39, 0.29) is 6.79 Å². The maximum absolute atomic E-state index is 10.6. The van der Waals surface area contributed by atoms with Gasteiger partial charge in [0, 0.05) is 18.1 Å². The fourth-order valence-electron chi connectivity index (χ4n) is 2.72. The number of nitrogens with one attached hydrogen (secondary N) is 1. The third kappa shape index (κ3) is 2.48. The Morgan fingerprint density at radius 2 is 1.95 bits per heavy atom. The number of hydrogen-bond acceptors (Lipinski definition) is 5. The molecule has 5 heteroatoms. The minimum absolute atomic E-state index is 0.246. The largest absolute Gasteiger partial charge is 0.496 e. The summed E-state index contributed by atoms with van der Waals surface area (Å²) in [6, 6.07) is 3.75. The molecule has 0 atom stereocenters. The first kappa shape index (κ1) is 12.6. The monoisotopic (exact) mass is 265 g/mol. The lowest BCUT2D eigenvalue weighted by atomic mass is 9.85. The zero-order valence-electron chi connectivity index (χ0n) is 11.1. The van der Waals surface area contributed by atoms with E-state index in [0.717, 1.165) is 43.0 Å². The molecule has 2 aliphatic heterocycles. The molecule has 0 unspecified atom stereocenters. The fourth-order valence-corrected chi connectivity index (χ4v) is 2.72. The highest BCUT2D eigenvalue weighted by molar-refractivity contribution is 5.52. The first-order valence-electron chi connectivity index (χ1n) is 6.60. The standard InChI is InChI=1S/C14H19NO4/c1-17-11-7-13-12(18-9-19-13)6-10(11)8-14(16)2-4-15-5-3-14/h6-7,15-16H,2-5,8-9H2,1H3. The second kappa shape index (κ2) is 4.90. The molecular weight excluding hydrogens is 246 g/mol. The molecule has 5 nitrogen and oxygen atoms in total. The van der Waals surface area contributed by atoms with E-state index in [4.69, 9.17) is 14.2 Å². The number of benzene rings is 1. The number of rotatable bonds is 3. The summed E-state index contributed by atoms with van der Waals surface area (Å²) in [4.78, 5) is 0. The Bertz CT molecular complexity index is 469. The Labute approximate surface area is 112 Å². The van der Waals surface area contributed by atoms with E-state index >= 15 is 0 Å². The number of aliphatic hydroxyl groups is 1.